The Morgan fingerprint density at radius 3 is 2.00 bits per heavy atom. The third-order valence-corrected chi connectivity index (χ3v) is 4.97. The third-order valence-electron chi connectivity index (χ3n) is 1.99. The number of sulfone groups is 1. The fourth-order valence-corrected chi connectivity index (χ4v) is 4.36. The molecular weight excluding hydrogens is 282 g/mol. The summed E-state index contributed by atoms with van der Waals surface area (Å²) in [7, 11) is -7.27. The van der Waals surface area contributed by atoms with Crippen molar-refractivity contribution in [2.24, 2.45) is 5.92 Å². The number of rotatable bonds is 8. The number of aliphatic carboxylic acids is 1. The van der Waals surface area contributed by atoms with Gasteiger partial charge >= 0.3 is 5.97 Å². The highest BCUT2D eigenvalue weighted by molar-refractivity contribution is 7.93. The molecule has 18 heavy (non-hydrogen) atoms. The molecule has 0 aliphatic carbocycles. The summed E-state index contributed by atoms with van der Waals surface area (Å²) in [5, 5.41) is 8.66. The van der Waals surface area contributed by atoms with Crippen LogP contribution in [0.25, 0.3) is 0 Å². The molecule has 0 rings (SSSR count). The quantitative estimate of drug-likeness (QED) is 0.641. The van der Waals surface area contributed by atoms with Gasteiger partial charge in [0.25, 0.3) is 0 Å². The van der Waals surface area contributed by atoms with Crippen LogP contribution in [0, 0.1) is 5.92 Å². The Morgan fingerprint density at radius 1 is 1.17 bits per heavy atom. The summed E-state index contributed by atoms with van der Waals surface area (Å²) in [6.45, 7) is 2.91. The van der Waals surface area contributed by atoms with E-state index in [1.165, 1.54) is 0 Å². The smallest absolute Gasteiger partial charge is 0.318 e. The summed E-state index contributed by atoms with van der Waals surface area (Å²) in [5.74, 6) is -2.41. The van der Waals surface area contributed by atoms with Crippen LogP contribution in [0.5, 0.6) is 0 Å². The molecule has 0 aromatic heterocycles. The minimum Gasteiger partial charge on any atom is -0.480 e. The van der Waals surface area contributed by atoms with Crippen molar-refractivity contribution < 1.29 is 26.7 Å². The second kappa shape index (κ2) is 6.48. The molecule has 108 valence electrons. The number of hydrogen-bond donors (Lipinski definition) is 1. The normalized spacial score (nSPS) is 13.2. The van der Waals surface area contributed by atoms with E-state index < -0.39 is 43.9 Å². The van der Waals surface area contributed by atoms with Crippen LogP contribution in [0.15, 0.2) is 0 Å². The molecule has 0 heterocycles. The van der Waals surface area contributed by atoms with E-state index in [1.807, 2.05) is 0 Å². The Hall–Kier alpha value is -0.670. The Balaban J connectivity index is 4.90. The molecule has 0 aromatic rings. The first-order chi connectivity index (χ1) is 7.94. The molecule has 0 unspecified atom stereocenters. The van der Waals surface area contributed by atoms with Gasteiger partial charge in [0.1, 0.15) is 16.4 Å². The van der Waals surface area contributed by atoms with E-state index in [1.54, 1.807) is 13.8 Å². The van der Waals surface area contributed by atoms with Gasteiger partial charge < -0.3 is 5.11 Å². The van der Waals surface area contributed by atoms with Crippen LogP contribution in [-0.2, 0) is 24.7 Å². The van der Waals surface area contributed by atoms with Crippen molar-refractivity contribution in [1.29, 1.82) is 0 Å². The number of carboxylic acid groups (broad SMARTS) is 1. The Labute approximate surface area is 108 Å². The van der Waals surface area contributed by atoms with E-state index in [0.29, 0.717) is 0 Å². The maximum atomic E-state index is 11.8. The SMILES string of the molecule is CC(C)CN(CC(=O)O)S(=O)(=O)CCS(C)(=O)=O. The Kier molecular flexibility index (Phi) is 6.24. The zero-order valence-electron chi connectivity index (χ0n) is 10.7. The van der Waals surface area contributed by atoms with Gasteiger partial charge in [0.2, 0.25) is 10.0 Å². The first-order valence-corrected chi connectivity index (χ1v) is 8.98. The third kappa shape index (κ3) is 7.62. The molecule has 0 saturated carbocycles. The standard InChI is InChI=1S/C9H19NO6S2/c1-8(2)6-10(7-9(11)12)18(15,16)5-4-17(3,13)14/h8H,4-7H2,1-3H3,(H,11,12). The van der Waals surface area contributed by atoms with Gasteiger partial charge in [0.15, 0.2) is 0 Å². The molecule has 0 spiro atoms. The van der Waals surface area contributed by atoms with E-state index in [9.17, 15) is 21.6 Å². The van der Waals surface area contributed by atoms with Crippen molar-refractivity contribution in [3.63, 3.8) is 0 Å². The zero-order valence-corrected chi connectivity index (χ0v) is 12.3. The number of carbonyl (C=O) groups is 1. The van der Waals surface area contributed by atoms with Gasteiger partial charge in [0.05, 0.1) is 11.5 Å². The summed E-state index contributed by atoms with van der Waals surface area (Å²) < 4.78 is 46.4. The van der Waals surface area contributed by atoms with E-state index in [0.717, 1.165) is 10.6 Å². The van der Waals surface area contributed by atoms with Crippen LogP contribution in [0.3, 0.4) is 0 Å². The van der Waals surface area contributed by atoms with Gasteiger partial charge in [-0.15, -0.1) is 0 Å². The summed E-state index contributed by atoms with van der Waals surface area (Å²) in [6, 6.07) is 0. The second-order valence-corrected chi connectivity index (χ2v) is 8.87. The highest BCUT2D eigenvalue weighted by atomic mass is 32.2. The van der Waals surface area contributed by atoms with Crippen LogP contribution in [0.4, 0.5) is 0 Å². The minimum absolute atomic E-state index is 0.0441. The number of carboxylic acids is 1. The van der Waals surface area contributed by atoms with Gasteiger partial charge in [-0.2, -0.15) is 4.31 Å². The van der Waals surface area contributed by atoms with Gasteiger partial charge in [-0.1, -0.05) is 13.8 Å². The summed E-state index contributed by atoms with van der Waals surface area (Å²) in [5.41, 5.74) is 0. The first kappa shape index (κ1) is 17.3. The van der Waals surface area contributed by atoms with Gasteiger partial charge in [0, 0.05) is 12.8 Å². The molecule has 0 bridgehead atoms. The lowest BCUT2D eigenvalue weighted by molar-refractivity contribution is -0.137. The van der Waals surface area contributed by atoms with Crippen molar-refractivity contribution in [2.75, 3.05) is 30.9 Å². The molecule has 0 aliphatic rings. The summed E-state index contributed by atoms with van der Waals surface area (Å²) >= 11 is 0. The minimum atomic E-state index is -3.87. The van der Waals surface area contributed by atoms with Crippen molar-refractivity contribution in [3.05, 3.63) is 0 Å². The predicted octanol–water partition coefficient (Wildman–Crippen LogP) is -0.597. The lowest BCUT2D eigenvalue weighted by Gasteiger charge is -2.21. The summed E-state index contributed by atoms with van der Waals surface area (Å²) in [4.78, 5) is 10.6. The topological polar surface area (TPSA) is 109 Å². The molecule has 0 aliphatic heterocycles. The molecule has 0 fully saturated rings. The molecule has 0 saturated heterocycles. The van der Waals surface area contributed by atoms with Gasteiger partial charge in [-0.3, -0.25) is 4.79 Å². The van der Waals surface area contributed by atoms with Crippen molar-refractivity contribution in [2.45, 2.75) is 13.8 Å². The molecule has 0 aromatic carbocycles. The second-order valence-electron chi connectivity index (χ2n) is 4.53. The molecule has 0 atom stereocenters. The summed E-state index contributed by atoms with van der Waals surface area (Å²) in [6.07, 6.45) is 0.937. The van der Waals surface area contributed by atoms with Crippen molar-refractivity contribution in [3.8, 4) is 0 Å². The number of hydrogen-bond acceptors (Lipinski definition) is 5. The molecule has 7 nitrogen and oxygen atoms in total. The van der Waals surface area contributed by atoms with Crippen LogP contribution >= 0.6 is 0 Å². The van der Waals surface area contributed by atoms with E-state index >= 15 is 0 Å². The average Bonchev–Trinajstić information content (AvgIpc) is 2.11. The van der Waals surface area contributed by atoms with Gasteiger partial charge in [-0.25, -0.2) is 16.8 Å². The molecule has 1 N–H and O–H groups in total. The van der Waals surface area contributed by atoms with Crippen molar-refractivity contribution >= 4 is 25.8 Å². The van der Waals surface area contributed by atoms with Crippen LogP contribution in [0.2, 0.25) is 0 Å². The molecule has 0 amide bonds. The van der Waals surface area contributed by atoms with Crippen LogP contribution in [0.1, 0.15) is 13.8 Å². The molecule has 9 heteroatoms. The highest BCUT2D eigenvalue weighted by Gasteiger charge is 2.26. The lowest BCUT2D eigenvalue weighted by Crippen LogP contribution is -2.40. The molecular formula is C9H19NO6S2. The monoisotopic (exact) mass is 301 g/mol. The van der Waals surface area contributed by atoms with E-state index in [2.05, 4.69) is 0 Å². The number of nitrogens with zero attached hydrogens (tertiary/aromatic N) is 1. The largest absolute Gasteiger partial charge is 0.480 e. The first-order valence-electron chi connectivity index (χ1n) is 5.31. The number of sulfonamides is 1. The average molecular weight is 301 g/mol. The zero-order chi connectivity index (χ0) is 14.6. The Bertz CT molecular complexity index is 479. The van der Waals surface area contributed by atoms with E-state index in [-0.39, 0.29) is 12.5 Å². The Morgan fingerprint density at radius 2 is 1.67 bits per heavy atom. The lowest BCUT2D eigenvalue weighted by atomic mass is 10.2. The maximum absolute atomic E-state index is 11.8. The fourth-order valence-electron chi connectivity index (χ4n) is 1.22. The fraction of sp³-hybridized carbons (Fsp3) is 0.889. The maximum Gasteiger partial charge on any atom is 0.318 e. The van der Waals surface area contributed by atoms with Crippen LogP contribution < -0.4 is 0 Å². The molecule has 0 radical (unpaired) electrons. The highest BCUT2D eigenvalue weighted by Crippen LogP contribution is 2.07. The predicted molar refractivity (Wildman–Crippen MR) is 67.5 cm³/mol. The van der Waals surface area contributed by atoms with Gasteiger partial charge in [-0.05, 0) is 5.92 Å². The van der Waals surface area contributed by atoms with E-state index in [4.69, 9.17) is 5.11 Å². The van der Waals surface area contributed by atoms with Crippen molar-refractivity contribution in [1.82, 2.24) is 4.31 Å². The van der Waals surface area contributed by atoms with Crippen LogP contribution in [-0.4, -0.2) is 63.1 Å².